The molecule has 6 heteroatoms. The summed E-state index contributed by atoms with van der Waals surface area (Å²) in [5.74, 6) is 1.22. The third kappa shape index (κ3) is 6.74. The minimum absolute atomic E-state index is 0.602. The molecule has 0 atom stereocenters. The van der Waals surface area contributed by atoms with Crippen molar-refractivity contribution in [1.29, 1.82) is 0 Å². The number of furan rings is 2. The first-order valence-corrected chi connectivity index (χ1v) is 22.7. The Hall–Kier alpha value is -9.26. The van der Waals surface area contributed by atoms with Crippen molar-refractivity contribution in [3.8, 4) is 89.8 Å². The van der Waals surface area contributed by atoms with Crippen LogP contribution in [0.15, 0.2) is 239 Å². The van der Waals surface area contributed by atoms with Crippen LogP contribution in [0.2, 0.25) is 0 Å². The number of aromatic nitrogens is 4. The average Bonchev–Trinajstić information content (AvgIpc) is 4.00. The Morgan fingerprint density at radius 1 is 0.250 bits per heavy atom. The Morgan fingerprint density at radius 2 is 0.632 bits per heavy atom. The molecule has 0 unspecified atom stereocenters. The highest BCUT2D eigenvalue weighted by Gasteiger charge is 2.24. The summed E-state index contributed by atoms with van der Waals surface area (Å²) in [7, 11) is 0. The lowest BCUT2D eigenvalue weighted by molar-refractivity contribution is 0.667. The van der Waals surface area contributed by atoms with Gasteiger partial charge < -0.3 is 8.83 Å². The highest BCUT2D eigenvalue weighted by molar-refractivity contribution is 6.10. The second-order valence-electron chi connectivity index (χ2n) is 16.9. The molecule has 9 aromatic carbocycles. The standard InChI is InChI=1S/C62H38N4O2/c1-3-19-39(20-4-1)41-23-17-25-43(37-41)55-59-57(51-33-13-15-35-53(51)67-59)66-62(63-55)50-32-12-10-30-48(50)46-28-8-7-27-45(46)47-29-9-11-31-49(47)56-60-58(52-34-14-16-36-54(52)68-60)65-61(64-56)44-26-18-24-42(38-44)40-21-5-2-6-22-40/h1-38H. The monoisotopic (exact) mass is 870 g/mol. The first kappa shape index (κ1) is 39.1. The predicted octanol–water partition coefficient (Wildman–Crippen LogP) is 16.4. The quantitative estimate of drug-likeness (QED) is 0.151. The molecule has 4 aromatic heterocycles. The largest absolute Gasteiger partial charge is 0.452 e. The predicted molar refractivity (Wildman–Crippen MR) is 276 cm³/mol. The van der Waals surface area contributed by atoms with Gasteiger partial charge in [0, 0.05) is 33.0 Å². The van der Waals surface area contributed by atoms with Crippen LogP contribution in [0.5, 0.6) is 0 Å². The first-order chi connectivity index (χ1) is 33.7. The lowest BCUT2D eigenvalue weighted by Crippen LogP contribution is -1.98. The third-order valence-electron chi connectivity index (χ3n) is 12.8. The Labute approximate surface area is 391 Å². The maximum Gasteiger partial charge on any atom is 0.180 e. The van der Waals surface area contributed by atoms with E-state index < -0.39 is 0 Å². The molecule has 0 N–H and O–H groups in total. The van der Waals surface area contributed by atoms with Crippen molar-refractivity contribution < 1.29 is 8.83 Å². The van der Waals surface area contributed by atoms with E-state index in [1.165, 1.54) is 0 Å². The van der Waals surface area contributed by atoms with Gasteiger partial charge in [0.15, 0.2) is 22.8 Å². The summed E-state index contributed by atoms with van der Waals surface area (Å²) in [5.41, 5.74) is 18.0. The maximum absolute atomic E-state index is 6.69. The van der Waals surface area contributed by atoms with Crippen molar-refractivity contribution in [3.63, 3.8) is 0 Å². The molecule has 0 aliphatic rings. The van der Waals surface area contributed by atoms with Crippen molar-refractivity contribution in [2.75, 3.05) is 0 Å². The molecule has 0 fully saturated rings. The number of nitrogens with zero attached hydrogens (tertiary/aromatic N) is 4. The molecule has 68 heavy (non-hydrogen) atoms. The Kier molecular flexibility index (Phi) is 9.39. The molecule has 0 bridgehead atoms. The maximum atomic E-state index is 6.69. The number of hydrogen-bond acceptors (Lipinski definition) is 6. The van der Waals surface area contributed by atoms with Crippen molar-refractivity contribution in [3.05, 3.63) is 231 Å². The number of rotatable bonds is 8. The molecule has 0 spiro atoms. The second kappa shape index (κ2) is 16.3. The van der Waals surface area contributed by atoms with E-state index in [-0.39, 0.29) is 0 Å². The van der Waals surface area contributed by atoms with Gasteiger partial charge >= 0.3 is 0 Å². The van der Waals surface area contributed by atoms with E-state index in [0.29, 0.717) is 28.5 Å². The number of benzene rings is 9. The zero-order valence-electron chi connectivity index (χ0n) is 36.5. The minimum Gasteiger partial charge on any atom is -0.452 e. The van der Waals surface area contributed by atoms with E-state index in [1.807, 2.05) is 48.5 Å². The van der Waals surface area contributed by atoms with Crippen molar-refractivity contribution in [2.24, 2.45) is 0 Å². The van der Waals surface area contributed by atoms with Gasteiger partial charge in [-0.15, -0.1) is 0 Å². The van der Waals surface area contributed by atoms with E-state index in [1.54, 1.807) is 0 Å². The number of fused-ring (bicyclic) bond motifs is 6. The third-order valence-corrected chi connectivity index (χ3v) is 12.8. The molecule has 0 aliphatic heterocycles. The van der Waals surface area contributed by atoms with Crippen LogP contribution < -0.4 is 0 Å². The van der Waals surface area contributed by atoms with Gasteiger partial charge in [-0.25, -0.2) is 19.9 Å². The second-order valence-corrected chi connectivity index (χ2v) is 16.9. The number of para-hydroxylation sites is 2. The lowest BCUT2D eigenvalue weighted by Gasteiger charge is -2.17. The van der Waals surface area contributed by atoms with Crippen LogP contribution in [0.25, 0.3) is 134 Å². The van der Waals surface area contributed by atoms with E-state index in [0.717, 1.165) is 105 Å². The van der Waals surface area contributed by atoms with E-state index in [4.69, 9.17) is 28.8 Å². The van der Waals surface area contributed by atoms with E-state index in [2.05, 4.69) is 182 Å². The minimum atomic E-state index is 0.602. The lowest BCUT2D eigenvalue weighted by atomic mass is 9.88. The van der Waals surface area contributed by atoms with E-state index >= 15 is 0 Å². The van der Waals surface area contributed by atoms with Gasteiger partial charge in [-0.2, -0.15) is 0 Å². The Balaban J connectivity index is 0.996. The van der Waals surface area contributed by atoms with Crippen molar-refractivity contribution in [1.82, 2.24) is 19.9 Å². The molecule has 0 saturated carbocycles. The fourth-order valence-corrected chi connectivity index (χ4v) is 9.55. The summed E-state index contributed by atoms with van der Waals surface area (Å²) in [6, 6.07) is 79.3. The summed E-state index contributed by atoms with van der Waals surface area (Å²) >= 11 is 0. The highest BCUT2D eigenvalue weighted by Crippen LogP contribution is 2.45. The van der Waals surface area contributed by atoms with Gasteiger partial charge in [0.05, 0.1) is 0 Å². The Bertz CT molecular complexity index is 4040. The topological polar surface area (TPSA) is 77.8 Å². The zero-order chi connectivity index (χ0) is 45.0. The molecular weight excluding hydrogens is 833 g/mol. The summed E-state index contributed by atoms with van der Waals surface area (Å²) in [6.07, 6.45) is 0. The highest BCUT2D eigenvalue weighted by atomic mass is 16.3. The fraction of sp³-hybridized carbons (Fsp3) is 0. The molecule has 0 aliphatic carbocycles. The van der Waals surface area contributed by atoms with Crippen LogP contribution in [0, 0.1) is 0 Å². The van der Waals surface area contributed by atoms with Gasteiger partial charge in [0.25, 0.3) is 0 Å². The summed E-state index contributed by atoms with van der Waals surface area (Å²) in [5, 5.41) is 1.87. The summed E-state index contributed by atoms with van der Waals surface area (Å²) < 4.78 is 13.3. The molecule has 4 heterocycles. The molecule has 318 valence electrons. The van der Waals surface area contributed by atoms with Crippen LogP contribution >= 0.6 is 0 Å². The van der Waals surface area contributed by atoms with Crippen molar-refractivity contribution in [2.45, 2.75) is 0 Å². The molecule has 0 amide bonds. The molecule has 6 nitrogen and oxygen atoms in total. The first-order valence-electron chi connectivity index (χ1n) is 22.7. The van der Waals surface area contributed by atoms with Crippen LogP contribution in [0.1, 0.15) is 0 Å². The molecule has 0 radical (unpaired) electrons. The smallest absolute Gasteiger partial charge is 0.180 e. The fourth-order valence-electron chi connectivity index (χ4n) is 9.55. The normalized spacial score (nSPS) is 11.5. The zero-order valence-corrected chi connectivity index (χ0v) is 36.5. The van der Waals surface area contributed by atoms with Crippen LogP contribution in [0.4, 0.5) is 0 Å². The van der Waals surface area contributed by atoms with Gasteiger partial charge in [0.2, 0.25) is 0 Å². The average molecular weight is 871 g/mol. The molecule has 13 aromatic rings. The van der Waals surface area contributed by atoms with Crippen LogP contribution in [0.3, 0.4) is 0 Å². The van der Waals surface area contributed by atoms with Crippen LogP contribution in [-0.2, 0) is 0 Å². The van der Waals surface area contributed by atoms with Crippen LogP contribution in [-0.4, -0.2) is 19.9 Å². The van der Waals surface area contributed by atoms with Gasteiger partial charge in [-0.1, -0.05) is 194 Å². The van der Waals surface area contributed by atoms with Crippen molar-refractivity contribution >= 4 is 44.1 Å². The van der Waals surface area contributed by atoms with Gasteiger partial charge in [-0.3, -0.25) is 0 Å². The number of hydrogen-bond donors (Lipinski definition) is 0. The summed E-state index contributed by atoms with van der Waals surface area (Å²) in [6.45, 7) is 0. The van der Waals surface area contributed by atoms with Gasteiger partial charge in [0.1, 0.15) is 33.6 Å². The molecular formula is C62H38N4O2. The van der Waals surface area contributed by atoms with Gasteiger partial charge in [-0.05, 0) is 80.9 Å². The van der Waals surface area contributed by atoms with E-state index in [9.17, 15) is 0 Å². The summed E-state index contributed by atoms with van der Waals surface area (Å²) in [4.78, 5) is 21.4. The molecule has 13 rings (SSSR count). The molecule has 0 saturated heterocycles. The Morgan fingerprint density at radius 3 is 1.22 bits per heavy atom. The SMILES string of the molecule is c1ccc(-c2cccc(-c3nc(-c4ccccc4-c4ccccc4-c4ccccc4-c4nc(-c5cccc(-c6ccccc6)c5)c5oc6ccccc6c5n4)c4oc5ccccc5c4n3)c2)cc1.